The molecule has 2 aromatic rings. The van der Waals surface area contributed by atoms with Gasteiger partial charge in [-0.2, -0.15) is 9.50 Å². The molecule has 0 bridgehead atoms. The average molecular weight is 241 g/mol. The van der Waals surface area contributed by atoms with Gasteiger partial charge in [-0.05, 0) is 20.3 Å². The van der Waals surface area contributed by atoms with Gasteiger partial charge in [0.05, 0.1) is 12.3 Å². The van der Waals surface area contributed by atoms with Crippen molar-refractivity contribution < 1.29 is 4.74 Å². The van der Waals surface area contributed by atoms with Crippen LogP contribution in [0.25, 0.3) is 5.78 Å². The molecule has 0 fully saturated rings. The van der Waals surface area contributed by atoms with Gasteiger partial charge in [0, 0.05) is 5.56 Å². The predicted octanol–water partition coefficient (Wildman–Crippen LogP) is 2.05. The third kappa shape index (κ3) is 1.71. The molecule has 0 saturated heterocycles. The largest absolute Gasteiger partial charge is 0.463 e. The van der Waals surface area contributed by atoms with Gasteiger partial charge in [-0.25, -0.2) is 4.98 Å². The summed E-state index contributed by atoms with van der Waals surface area (Å²) in [4.78, 5) is 8.53. The molecule has 2 rings (SSSR count). The Bertz CT molecular complexity index is 523. The maximum atomic E-state index is 6.19. The zero-order valence-corrected chi connectivity index (χ0v) is 10.2. The molecule has 16 heavy (non-hydrogen) atoms. The van der Waals surface area contributed by atoms with E-state index in [1.807, 2.05) is 20.8 Å². The summed E-state index contributed by atoms with van der Waals surface area (Å²) >= 11 is 6.19. The second kappa shape index (κ2) is 4.25. The highest BCUT2D eigenvalue weighted by atomic mass is 35.5. The zero-order chi connectivity index (χ0) is 11.7. The van der Waals surface area contributed by atoms with Crippen LogP contribution in [0.3, 0.4) is 0 Å². The molecule has 0 atom stereocenters. The van der Waals surface area contributed by atoms with Gasteiger partial charge in [0.1, 0.15) is 5.15 Å². The molecule has 0 saturated carbocycles. The molecule has 2 heterocycles. The average Bonchev–Trinajstić information content (AvgIpc) is 2.67. The Hall–Kier alpha value is -1.36. The predicted molar refractivity (Wildman–Crippen MR) is 61.1 cm³/mol. The molecule has 0 aromatic carbocycles. The van der Waals surface area contributed by atoms with Gasteiger partial charge in [0.2, 0.25) is 0 Å². The van der Waals surface area contributed by atoms with Gasteiger partial charge < -0.3 is 4.74 Å². The quantitative estimate of drug-likeness (QED) is 0.771. The molecule has 0 N–H and O–H groups in total. The van der Waals surface area contributed by atoms with Crippen molar-refractivity contribution in [2.24, 2.45) is 0 Å². The number of aryl methyl sites for hydroxylation is 1. The van der Waals surface area contributed by atoms with Gasteiger partial charge in [0.25, 0.3) is 5.78 Å². The van der Waals surface area contributed by atoms with Gasteiger partial charge >= 0.3 is 6.01 Å². The second-order valence-corrected chi connectivity index (χ2v) is 3.73. The van der Waals surface area contributed by atoms with Crippen LogP contribution in [0.1, 0.15) is 25.1 Å². The zero-order valence-electron chi connectivity index (χ0n) is 9.49. The Morgan fingerprint density at radius 2 is 2.06 bits per heavy atom. The molecule has 0 aliphatic rings. The first-order valence-electron chi connectivity index (χ1n) is 5.21. The molecular weight excluding hydrogens is 228 g/mol. The van der Waals surface area contributed by atoms with E-state index < -0.39 is 0 Å². The highest BCUT2D eigenvalue weighted by Gasteiger charge is 2.13. The standard InChI is InChI=1S/C10H13ClN4O/c1-4-7-6(3)8(11)15-9(12-7)13-10(14-15)16-5-2/h4-5H2,1-3H3. The maximum Gasteiger partial charge on any atom is 0.337 e. The summed E-state index contributed by atoms with van der Waals surface area (Å²) in [5.41, 5.74) is 1.87. The van der Waals surface area contributed by atoms with Crippen molar-refractivity contribution in [2.45, 2.75) is 27.2 Å². The van der Waals surface area contributed by atoms with Crippen LogP contribution in [-0.2, 0) is 6.42 Å². The van der Waals surface area contributed by atoms with Crippen molar-refractivity contribution in [3.05, 3.63) is 16.4 Å². The van der Waals surface area contributed by atoms with Crippen molar-refractivity contribution >= 4 is 17.4 Å². The Kier molecular flexibility index (Phi) is 2.96. The number of halogens is 1. The second-order valence-electron chi connectivity index (χ2n) is 3.37. The minimum absolute atomic E-state index is 0.310. The molecular formula is C10H13ClN4O. The van der Waals surface area contributed by atoms with E-state index >= 15 is 0 Å². The first-order chi connectivity index (χ1) is 7.67. The number of rotatable bonds is 3. The van der Waals surface area contributed by atoms with Crippen molar-refractivity contribution in [2.75, 3.05) is 6.61 Å². The lowest BCUT2D eigenvalue weighted by atomic mass is 10.2. The fraction of sp³-hybridized carbons (Fsp3) is 0.500. The van der Waals surface area contributed by atoms with Crippen LogP contribution in [0.15, 0.2) is 0 Å². The number of aromatic nitrogens is 4. The molecule has 6 heteroatoms. The highest BCUT2D eigenvalue weighted by Crippen LogP contribution is 2.20. The van der Waals surface area contributed by atoms with E-state index in [1.165, 1.54) is 4.52 Å². The van der Waals surface area contributed by atoms with Crippen LogP contribution in [0.4, 0.5) is 0 Å². The lowest BCUT2D eigenvalue weighted by Gasteiger charge is -2.04. The Morgan fingerprint density at radius 1 is 1.31 bits per heavy atom. The summed E-state index contributed by atoms with van der Waals surface area (Å²) in [5, 5.41) is 4.67. The minimum atomic E-state index is 0.310. The van der Waals surface area contributed by atoms with Gasteiger partial charge in [0.15, 0.2) is 0 Å². The SMILES string of the molecule is CCOc1nc2nc(CC)c(C)c(Cl)n2n1. The number of hydrogen-bond donors (Lipinski definition) is 0. The Morgan fingerprint density at radius 3 is 2.69 bits per heavy atom. The number of ether oxygens (including phenoxy) is 1. The molecule has 0 unspecified atom stereocenters. The monoisotopic (exact) mass is 240 g/mol. The lowest BCUT2D eigenvalue weighted by Crippen LogP contribution is -2.01. The third-order valence-electron chi connectivity index (χ3n) is 2.34. The third-order valence-corrected chi connectivity index (χ3v) is 2.79. The summed E-state index contributed by atoms with van der Waals surface area (Å²) < 4.78 is 6.72. The molecule has 2 aromatic heterocycles. The summed E-state index contributed by atoms with van der Waals surface area (Å²) in [6.07, 6.45) is 0.818. The van der Waals surface area contributed by atoms with Crippen molar-refractivity contribution in [3.63, 3.8) is 0 Å². The van der Waals surface area contributed by atoms with Crippen LogP contribution < -0.4 is 4.74 Å². The lowest BCUT2D eigenvalue weighted by molar-refractivity contribution is 0.313. The smallest absolute Gasteiger partial charge is 0.337 e. The summed E-state index contributed by atoms with van der Waals surface area (Å²) in [7, 11) is 0. The van der Waals surface area contributed by atoms with Crippen molar-refractivity contribution in [1.82, 2.24) is 19.6 Å². The highest BCUT2D eigenvalue weighted by molar-refractivity contribution is 6.30. The Balaban J connectivity index is 2.63. The van der Waals surface area contributed by atoms with E-state index in [1.54, 1.807) is 0 Å². The Labute approximate surface area is 98.4 Å². The molecule has 0 aliphatic heterocycles. The van der Waals surface area contributed by atoms with Crippen LogP contribution in [0.5, 0.6) is 6.01 Å². The first kappa shape index (κ1) is 11.1. The van der Waals surface area contributed by atoms with Crippen LogP contribution in [0, 0.1) is 6.92 Å². The molecule has 5 nitrogen and oxygen atoms in total. The number of fused-ring (bicyclic) bond motifs is 1. The molecule has 86 valence electrons. The number of hydrogen-bond acceptors (Lipinski definition) is 4. The van der Waals surface area contributed by atoms with E-state index in [9.17, 15) is 0 Å². The van der Waals surface area contributed by atoms with Gasteiger partial charge in [-0.15, -0.1) is 5.10 Å². The molecule has 0 radical (unpaired) electrons. The van der Waals surface area contributed by atoms with E-state index in [2.05, 4.69) is 15.1 Å². The van der Waals surface area contributed by atoms with E-state index in [-0.39, 0.29) is 0 Å². The molecule has 0 spiro atoms. The van der Waals surface area contributed by atoms with Crippen LogP contribution >= 0.6 is 11.6 Å². The number of nitrogens with zero attached hydrogens (tertiary/aromatic N) is 4. The molecule has 0 aliphatic carbocycles. The van der Waals surface area contributed by atoms with Gasteiger partial charge in [-0.1, -0.05) is 18.5 Å². The minimum Gasteiger partial charge on any atom is -0.463 e. The summed E-state index contributed by atoms with van der Waals surface area (Å²) in [6, 6.07) is 0.310. The van der Waals surface area contributed by atoms with Crippen molar-refractivity contribution in [3.8, 4) is 6.01 Å². The van der Waals surface area contributed by atoms with Crippen LogP contribution in [0.2, 0.25) is 5.15 Å². The van der Waals surface area contributed by atoms with Crippen molar-refractivity contribution in [1.29, 1.82) is 0 Å². The van der Waals surface area contributed by atoms with E-state index in [4.69, 9.17) is 16.3 Å². The van der Waals surface area contributed by atoms with Crippen LogP contribution in [-0.4, -0.2) is 26.2 Å². The molecule has 0 amide bonds. The fourth-order valence-electron chi connectivity index (χ4n) is 1.51. The maximum absolute atomic E-state index is 6.19. The summed E-state index contributed by atoms with van der Waals surface area (Å²) in [6.45, 7) is 6.36. The topological polar surface area (TPSA) is 52.3 Å². The normalized spacial score (nSPS) is 11.0. The fourth-order valence-corrected chi connectivity index (χ4v) is 1.73. The van der Waals surface area contributed by atoms with E-state index in [0.717, 1.165) is 17.7 Å². The summed E-state index contributed by atoms with van der Waals surface area (Å²) in [5.74, 6) is 0.482. The van der Waals surface area contributed by atoms with Gasteiger partial charge in [-0.3, -0.25) is 0 Å². The first-order valence-corrected chi connectivity index (χ1v) is 5.59. The van der Waals surface area contributed by atoms with E-state index in [0.29, 0.717) is 23.5 Å².